The molecular weight excluding hydrogens is 208 g/mol. The van der Waals surface area contributed by atoms with Crippen molar-refractivity contribution in [2.24, 2.45) is 5.92 Å². The van der Waals surface area contributed by atoms with Crippen LogP contribution in [0.25, 0.3) is 0 Å². The molecule has 0 spiro atoms. The van der Waals surface area contributed by atoms with E-state index in [9.17, 15) is 4.79 Å². The maximum absolute atomic E-state index is 10.9. The topological polar surface area (TPSA) is 55.8 Å². The van der Waals surface area contributed by atoms with Crippen molar-refractivity contribution in [1.82, 2.24) is 0 Å². The van der Waals surface area contributed by atoms with E-state index in [2.05, 4.69) is 0 Å². The second-order valence-corrected chi connectivity index (χ2v) is 4.03. The van der Waals surface area contributed by atoms with E-state index in [0.717, 1.165) is 11.3 Å². The van der Waals surface area contributed by atoms with E-state index < -0.39 is 11.9 Å². The Morgan fingerprint density at radius 1 is 1.31 bits per heavy atom. The molecule has 4 heteroatoms. The molecule has 1 aromatic rings. The summed E-state index contributed by atoms with van der Waals surface area (Å²) >= 11 is 0. The van der Waals surface area contributed by atoms with Crippen molar-refractivity contribution in [2.75, 3.05) is 6.79 Å². The first-order valence-corrected chi connectivity index (χ1v) is 5.22. The summed E-state index contributed by atoms with van der Waals surface area (Å²) in [6, 6.07) is 5.56. The highest BCUT2D eigenvalue weighted by Gasteiger charge is 2.23. The first-order chi connectivity index (χ1) is 7.59. The molecule has 2 unspecified atom stereocenters. The van der Waals surface area contributed by atoms with Crippen molar-refractivity contribution in [3.05, 3.63) is 23.8 Å². The minimum Gasteiger partial charge on any atom is -0.481 e. The molecule has 1 aromatic carbocycles. The molecule has 4 nitrogen and oxygen atoms in total. The van der Waals surface area contributed by atoms with Crippen LogP contribution in [0.3, 0.4) is 0 Å². The monoisotopic (exact) mass is 222 g/mol. The van der Waals surface area contributed by atoms with Crippen molar-refractivity contribution in [3.63, 3.8) is 0 Å². The lowest BCUT2D eigenvalue weighted by atomic mass is 9.89. The van der Waals surface area contributed by atoms with Crippen LogP contribution in [0.2, 0.25) is 0 Å². The van der Waals surface area contributed by atoms with Gasteiger partial charge in [-0.3, -0.25) is 4.79 Å². The quantitative estimate of drug-likeness (QED) is 0.852. The first-order valence-electron chi connectivity index (χ1n) is 5.22. The highest BCUT2D eigenvalue weighted by Crippen LogP contribution is 2.36. The minimum absolute atomic E-state index is 0.0491. The summed E-state index contributed by atoms with van der Waals surface area (Å²) in [5.41, 5.74) is 0.958. The van der Waals surface area contributed by atoms with Gasteiger partial charge in [-0.05, 0) is 23.6 Å². The number of carboxylic acid groups (broad SMARTS) is 1. The van der Waals surface area contributed by atoms with Crippen LogP contribution in [0.5, 0.6) is 11.5 Å². The predicted octanol–water partition coefficient (Wildman–Crippen LogP) is 2.24. The molecule has 0 bridgehead atoms. The van der Waals surface area contributed by atoms with Gasteiger partial charge in [-0.2, -0.15) is 0 Å². The van der Waals surface area contributed by atoms with Crippen molar-refractivity contribution < 1.29 is 19.4 Å². The van der Waals surface area contributed by atoms with Gasteiger partial charge in [-0.15, -0.1) is 0 Å². The van der Waals surface area contributed by atoms with Gasteiger partial charge >= 0.3 is 5.97 Å². The molecule has 1 N–H and O–H groups in total. The van der Waals surface area contributed by atoms with Gasteiger partial charge < -0.3 is 14.6 Å². The van der Waals surface area contributed by atoms with Crippen molar-refractivity contribution in [2.45, 2.75) is 19.8 Å². The van der Waals surface area contributed by atoms with Crippen LogP contribution in [0, 0.1) is 5.92 Å². The van der Waals surface area contributed by atoms with E-state index in [1.165, 1.54) is 0 Å². The lowest BCUT2D eigenvalue weighted by Gasteiger charge is -2.16. The van der Waals surface area contributed by atoms with Crippen molar-refractivity contribution in [1.29, 1.82) is 0 Å². The Bertz CT molecular complexity index is 413. The molecule has 1 aliphatic heterocycles. The van der Waals surface area contributed by atoms with E-state index in [1.54, 1.807) is 6.92 Å². The van der Waals surface area contributed by atoms with Gasteiger partial charge in [0.15, 0.2) is 11.5 Å². The van der Waals surface area contributed by atoms with E-state index in [1.807, 2.05) is 25.1 Å². The number of hydrogen-bond donors (Lipinski definition) is 1. The number of hydrogen-bond acceptors (Lipinski definition) is 3. The number of aliphatic carboxylic acids is 1. The molecular formula is C12H14O4. The zero-order chi connectivity index (χ0) is 11.7. The largest absolute Gasteiger partial charge is 0.481 e. The minimum atomic E-state index is -0.787. The fourth-order valence-corrected chi connectivity index (χ4v) is 1.70. The fraction of sp³-hybridized carbons (Fsp3) is 0.417. The summed E-state index contributed by atoms with van der Waals surface area (Å²) in [5, 5.41) is 8.95. The van der Waals surface area contributed by atoms with Gasteiger partial charge in [-0.1, -0.05) is 19.9 Å². The molecule has 0 fully saturated rings. The molecule has 16 heavy (non-hydrogen) atoms. The van der Waals surface area contributed by atoms with Gasteiger partial charge in [0.1, 0.15) is 0 Å². The van der Waals surface area contributed by atoms with E-state index in [-0.39, 0.29) is 12.7 Å². The second-order valence-electron chi connectivity index (χ2n) is 4.03. The fourth-order valence-electron chi connectivity index (χ4n) is 1.70. The third-order valence-electron chi connectivity index (χ3n) is 3.06. The van der Waals surface area contributed by atoms with E-state index in [4.69, 9.17) is 14.6 Å². The van der Waals surface area contributed by atoms with Crippen LogP contribution >= 0.6 is 0 Å². The smallest absolute Gasteiger partial charge is 0.306 e. The molecule has 1 aliphatic rings. The van der Waals surface area contributed by atoms with Crippen LogP contribution in [-0.4, -0.2) is 17.9 Å². The Labute approximate surface area is 93.8 Å². The molecule has 0 saturated carbocycles. The number of carboxylic acids is 1. The van der Waals surface area contributed by atoms with Crippen molar-refractivity contribution >= 4 is 5.97 Å². The Hall–Kier alpha value is -1.71. The normalized spacial score (nSPS) is 16.9. The Morgan fingerprint density at radius 2 is 2.00 bits per heavy atom. The number of fused-ring (bicyclic) bond motifs is 1. The Balaban J connectivity index is 2.24. The molecule has 86 valence electrons. The molecule has 1 heterocycles. The molecule has 0 saturated heterocycles. The van der Waals surface area contributed by atoms with E-state index >= 15 is 0 Å². The lowest BCUT2D eigenvalue weighted by Crippen LogP contribution is -2.16. The van der Waals surface area contributed by atoms with E-state index in [0.29, 0.717) is 5.75 Å². The van der Waals surface area contributed by atoms with Crippen LogP contribution in [0.4, 0.5) is 0 Å². The Kier molecular flexibility index (Phi) is 2.73. The SMILES string of the molecule is CC(C(=O)O)C(C)c1ccc2c(c1)OCO2. The first kappa shape index (κ1) is 10.8. The van der Waals surface area contributed by atoms with Crippen molar-refractivity contribution in [3.8, 4) is 11.5 Å². The highest BCUT2D eigenvalue weighted by atomic mass is 16.7. The van der Waals surface area contributed by atoms with Crippen LogP contribution < -0.4 is 9.47 Å². The van der Waals surface area contributed by atoms with Gasteiger partial charge in [0.05, 0.1) is 5.92 Å². The van der Waals surface area contributed by atoms with Gasteiger partial charge in [0.25, 0.3) is 0 Å². The average Bonchev–Trinajstić information content (AvgIpc) is 2.73. The molecule has 0 amide bonds. The summed E-state index contributed by atoms with van der Waals surface area (Å²) in [6.45, 7) is 3.84. The summed E-state index contributed by atoms with van der Waals surface area (Å²) < 4.78 is 10.5. The van der Waals surface area contributed by atoms with Gasteiger partial charge in [0.2, 0.25) is 6.79 Å². The third kappa shape index (κ3) is 1.83. The lowest BCUT2D eigenvalue weighted by molar-refractivity contribution is -0.141. The third-order valence-corrected chi connectivity index (χ3v) is 3.06. The maximum atomic E-state index is 10.9. The van der Waals surface area contributed by atoms with Crippen LogP contribution in [0.1, 0.15) is 25.3 Å². The summed E-state index contributed by atoms with van der Waals surface area (Å²) in [6.07, 6.45) is 0. The highest BCUT2D eigenvalue weighted by molar-refractivity contribution is 5.71. The average molecular weight is 222 g/mol. The van der Waals surface area contributed by atoms with Crippen LogP contribution in [-0.2, 0) is 4.79 Å². The number of ether oxygens (including phenoxy) is 2. The molecule has 0 aromatic heterocycles. The molecule has 2 atom stereocenters. The number of rotatable bonds is 3. The number of carbonyl (C=O) groups is 1. The van der Waals surface area contributed by atoms with Crippen LogP contribution in [0.15, 0.2) is 18.2 Å². The Morgan fingerprint density at radius 3 is 2.69 bits per heavy atom. The predicted molar refractivity (Wildman–Crippen MR) is 57.8 cm³/mol. The standard InChI is InChI=1S/C12H14O4/c1-7(8(2)12(13)14)9-3-4-10-11(5-9)16-6-15-10/h3-5,7-8H,6H2,1-2H3,(H,13,14). The maximum Gasteiger partial charge on any atom is 0.306 e. The molecule has 2 rings (SSSR count). The molecule has 0 aliphatic carbocycles. The summed E-state index contributed by atoms with van der Waals surface area (Å²) in [7, 11) is 0. The summed E-state index contributed by atoms with van der Waals surface area (Å²) in [5.74, 6) is 0.165. The zero-order valence-electron chi connectivity index (χ0n) is 9.27. The number of benzene rings is 1. The summed E-state index contributed by atoms with van der Waals surface area (Å²) in [4.78, 5) is 10.9. The second kappa shape index (κ2) is 4.04. The van der Waals surface area contributed by atoms with Gasteiger partial charge in [-0.25, -0.2) is 0 Å². The molecule has 0 radical (unpaired) electrons. The van der Waals surface area contributed by atoms with Gasteiger partial charge in [0, 0.05) is 0 Å². The zero-order valence-corrected chi connectivity index (χ0v) is 9.27.